The highest BCUT2D eigenvalue weighted by Gasteiger charge is 2.49. The standard InChI is InChI=1S/C30H34ClN3O5Si/c1-40(2,3)14-13-36-18-34-23-15-22(31)26(21-11-9-20(10-12-21)19-7-5-4-6-8-19)32-29(23)33-30(34)39-25-17-38-27-24(35)16-37-28(25)27/h4-12,15,24-25,27-28,35H,13-14,16-18H2,1-3H3/t24-,25-,27-,28+/m1/s1. The number of pyridine rings is 1. The minimum absolute atomic E-state index is 0.231. The second-order valence-corrected chi connectivity index (χ2v) is 17.6. The van der Waals surface area contributed by atoms with E-state index in [9.17, 15) is 5.11 Å². The summed E-state index contributed by atoms with van der Waals surface area (Å²) in [5.41, 5.74) is 5.05. The molecule has 1 N–H and O–H groups in total. The number of hydrogen-bond acceptors (Lipinski definition) is 7. The zero-order chi connectivity index (χ0) is 27.9. The molecule has 4 heterocycles. The van der Waals surface area contributed by atoms with Gasteiger partial charge in [-0.2, -0.15) is 4.98 Å². The molecule has 2 aromatic carbocycles. The lowest BCUT2D eigenvalue weighted by atomic mass is 10.0. The smallest absolute Gasteiger partial charge is 0.301 e. The van der Waals surface area contributed by atoms with Crippen LogP contribution in [-0.4, -0.2) is 72.0 Å². The molecule has 40 heavy (non-hydrogen) atoms. The molecule has 0 bridgehead atoms. The first kappa shape index (κ1) is 27.4. The van der Waals surface area contributed by atoms with Crippen LogP contribution in [-0.2, 0) is 20.9 Å². The molecule has 0 amide bonds. The first-order valence-electron chi connectivity index (χ1n) is 13.7. The lowest BCUT2D eigenvalue weighted by Gasteiger charge is -2.19. The van der Waals surface area contributed by atoms with Gasteiger partial charge >= 0.3 is 6.01 Å². The molecular formula is C30H34ClN3O5Si. The molecule has 2 aromatic heterocycles. The maximum Gasteiger partial charge on any atom is 0.301 e. The number of aliphatic hydroxyl groups excluding tert-OH is 1. The second-order valence-electron chi connectivity index (χ2n) is 11.6. The minimum atomic E-state index is -1.25. The highest BCUT2D eigenvalue weighted by atomic mass is 35.5. The van der Waals surface area contributed by atoms with Crippen LogP contribution in [0.1, 0.15) is 0 Å². The Balaban J connectivity index is 1.30. The molecule has 0 unspecified atom stereocenters. The Kier molecular flexibility index (Phi) is 7.69. The predicted octanol–water partition coefficient (Wildman–Crippen LogP) is 5.64. The van der Waals surface area contributed by atoms with Crippen LogP contribution >= 0.6 is 11.6 Å². The van der Waals surface area contributed by atoms with E-state index in [2.05, 4.69) is 43.9 Å². The van der Waals surface area contributed by atoms with E-state index in [4.69, 9.17) is 40.5 Å². The molecular weight excluding hydrogens is 546 g/mol. The average Bonchev–Trinajstić information content (AvgIpc) is 3.61. The summed E-state index contributed by atoms with van der Waals surface area (Å²) in [7, 11) is -1.25. The van der Waals surface area contributed by atoms with Crippen LogP contribution in [0.25, 0.3) is 33.5 Å². The number of nitrogens with zero attached hydrogens (tertiary/aromatic N) is 3. The molecule has 0 spiro atoms. The van der Waals surface area contributed by atoms with Gasteiger partial charge in [0.1, 0.15) is 25.0 Å². The topological polar surface area (TPSA) is 87.9 Å². The molecule has 4 atom stereocenters. The first-order valence-corrected chi connectivity index (χ1v) is 17.7. The van der Waals surface area contributed by atoms with Crippen molar-refractivity contribution in [2.24, 2.45) is 0 Å². The number of hydrogen-bond donors (Lipinski definition) is 1. The summed E-state index contributed by atoms with van der Waals surface area (Å²) >= 11 is 6.81. The summed E-state index contributed by atoms with van der Waals surface area (Å²) in [6.07, 6.45) is -1.81. The molecule has 2 aliphatic rings. The summed E-state index contributed by atoms with van der Waals surface area (Å²) < 4.78 is 25.8. The lowest BCUT2D eigenvalue weighted by Crippen LogP contribution is -2.35. The van der Waals surface area contributed by atoms with Gasteiger partial charge < -0.3 is 24.1 Å². The predicted molar refractivity (Wildman–Crippen MR) is 157 cm³/mol. The van der Waals surface area contributed by atoms with Crippen molar-refractivity contribution in [2.75, 3.05) is 19.8 Å². The maximum atomic E-state index is 10.1. The summed E-state index contributed by atoms with van der Waals surface area (Å²) in [6.45, 7) is 8.40. The molecule has 4 aromatic rings. The zero-order valence-electron chi connectivity index (χ0n) is 22.9. The number of benzene rings is 2. The van der Waals surface area contributed by atoms with Crippen molar-refractivity contribution in [3.05, 3.63) is 65.7 Å². The van der Waals surface area contributed by atoms with Gasteiger partial charge in [-0.3, -0.25) is 4.57 Å². The third-order valence-corrected chi connectivity index (χ3v) is 9.37. The molecule has 8 nitrogen and oxygen atoms in total. The van der Waals surface area contributed by atoms with E-state index in [-0.39, 0.29) is 19.4 Å². The van der Waals surface area contributed by atoms with E-state index < -0.39 is 26.4 Å². The van der Waals surface area contributed by atoms with Gasteiger partial charge in [0.05, 0.1) is 29.4 Å². The summed E-state index contributed by atoms with van der Waals surface area (Å²) in [5.74, 6) is 0. The SMILES string of the molecule is C[Si](C)(C)CCOCn1c(O[C@@H]2CO[C@H]3[C@H]2OC[C@H]3O)nc2nc(-c3ccc(-c4ccccc4)cc3)c(Cl)cc21. The fourth-order valence-electron chi connectivity index (χ4n) is 5.09. The number of imidazole rings is 1. The van der Waals surface area contributed by atoms with Gasteiger partial charge in [-0.25, -0.2) is 4.98 Å². The Morgan fingerprint density at radius 1 is 0.950 bits per heavy atom. The summed E-state index contributed by atoms with van der Waals surface area (Å²) in [6, 6.07) is 21.7. The molecule has 210 valence electrons. The number of halogens is 1. The Morgan fingerprint density at radius 3 is 2.40 bits per heavy atom. The monoisotopic (exact) mass is 579 g/mol. The van der Waals surface area contributed by atoms with Gasteiger partial charge in [-0.1, -0.05) is 85.8 Å². The average molecular weight is 580 g/mol. The van der Waals surface area contributed by atoms with Gasteiger partial charge in [-0.05, 0) is 23.2 Å². The van der Waals surface area contributed by atoms with Crippen LogP contribution in [0.4, 0.5) is 0 Å². The third kappa shape index (κ3) is 5.67. The Labute approximate surface area is 239 Å². The van der Waals surface area contributed by atoms with E-state index in [1.54, 1.807) is 0 Å². The highest BCUT2D eigenvalue weighted by Crippen LogP contribution is 2.34. The fourth-order valence-corrected chi connectivity index (χ4v) is 6.10. The van der Waals surface area contributed by atoms with Crippen LogP contribution in [0.2, 0.25) is 30.7 Å². The number of aromatic nitrogens is 3. The highest BCUT2D eigenvalue weighted by molar-refractivity contribution is 6.76. The Morgan fingerprint density at radius 2 is 1.65 bits per heavy atom. The number of ether oxygens (including phenoxy) is 4. The number of aliphatic hydroxyl groups is 1. The van der Waals surface area contributed by atoms with E-state index >= 15 is 0 Å². The number of rotatable bonds is 9. The summed E-state index contributed by atoms with van der Waals surface area (Å²) in [4.78, 5) is 9.61. The lowest BCUT2D eigenvalue weighted by molar-refractivity contribution is 0.00339. The van der Waals surface area contributed by atoms with Gasteiger partial charge in [0.2, 0.25) is 0 Å². The minimum Gasteiger partial charge on any atom is -0.456 e. The van der Waals surface area contributed by atoms with Crippen molar-refractivity contribution in [1.82, 2.24) is 14.5 Å². The third-order valence-electron chi connectivity index (χ3n) is 7.38. The Hall–Kier alpha value is -2.79. The van der Waals surface area contributed by atoms with Crippen molar-refractivity contribution in [1.29, 1.82) is 0 Å². The quantitative estimate of drug-likeness (QED) is 0.203. The molecule has 0 aliphatic carbocycles. The largest absolute Gasteiger partial charge is 0.456 e. The Bertz CT molecular complexity index is 1470. The zero-order valence-corrected chi connectivity index (χ0v) is 24.7. The van der Waals surface area contributed by atoms with Gasteiger partial charge in [-0.15, -0.1) is 0 Å². The van der Waals surface area contributed by atoms with Crippen LogP contribution < -0.4 is 4.74 Å². The van der Waals surface area contributed by atoms with Crippen LogP contribution in [0, 0.1) is 0 Å². The fraction of sp³-hybridized carbons (Fsp3) is 0.400. The molecule has 0 saturated carbocycles. The van der Waals surface area contributed by atoms with Gasteiger partial charge in [0, 0.05) is 20.2 Å². The van der Waals surface area contributed by atoms with Crippen molar-refractivity contribution in [3.8, 4) is 28.4 Å². The maximum absolute atomic E-state index is 10.1. The second kappa shape index (κ2) is 11.2. The normalized spacial score (nSPS) is 22.6. The molecule has 0 radical (unpaired) electrons. The van der Waals surface area contributed by atoms with Crippen molar-refractivity contribution in [2.45, 2.75) is 56.8 Å². The van der Waals surface area contributed by atoms with Crippen molar-refractivity contribution in [3.63, 3.8) is 0 Å². The van der Waals surface area contributed by atoms with Gasteiger partial charge in [0.15, 0.2) is 11.8 Å². The van der Waals surface area contributed by atoms with Crippen molar-refractivity contribution >= 4 is 30.8 Å². The van der Waals surface area contributed by atoms with Crippen LogP contribution in [0.3, 0.4) is 0 Å². The molecule has 2 saturated heterocycles. The van der Waals surface area contributed by atoms with E-state index in [0.717, 1.165) is 28.3 Å². The molecule has 2 fully saturated rings. The molecule has 2 aliphatic heterocycles. The molecule has 6 rings (SSSR count). The van der Waals surface area contributed by atoms with Crippen molar-refractivity contribution < 1.29 is 24.1 Å². The van der Waals surface area contributed by atoms with E-state index in [0.29, 0.717) is 35.6 Å². The first-order chi connectivity index (χ1) is 19.3. The van der Waals surface area contributed by atoms with Crippen LogP contribution in [0.5, 0.6) is 6.01 Å². The molecule has 10 heteroatoms. The van der Waals surface area contributed by atoms with Crippen LogP contribution in [0.15, 0.2) is 60.7 Å². The van der Waals surface area contributed by atoms with Gasteiger partial charge in [0.25, 0.3) is 0 Å². The summed E-state index contributed by atoms with van der Waals surface area (Å²) in [5, 5.41) is 10.7. The van der Waals surface area contributed by atoms with E-state index in [1.165, 1.54) is 0 Å². The number of fused-ring (bicyclic) bond motifs is 2. The van der Waals surface area contributed by atoms with E-state index in [1.807, 2.05) is 41.0 Å².